The van der Waals surface area contributed by atoms with Crippen molar-refractivity contribution in [2.24, 2.45) is 0 Å². The summed E-state index contributed by atoms with van der Waals surface area (Å²) in [5, 5.41) is 4.78. The predicted molar refractivity (Wildman–Crippen MR) is 91.4 cm³/mol. The van der Waals surface area contributed by atoms with Gasteiger partial charge in [0.1, 0.15) is 0 Å². The van der Waals surface area contributed by atoms with Crippen molar-refractivity contribution in [1.29, 1.82) is 0 Å². The molecule has 2 aliphatic carbocycles. The molecule has 0 radical (unpaired) electrons. The second-order valence-electron chi connectivity index (χ2n) is 6.44. The van der Waals surface area contributed by atoms with Crippen molar-refractivity contribution in [3.05, 3.63) is 10.6 Å². The van der Waals surface area contributed by atoms with Crippen LogP contribution in [0, 0.1) is 0 Å². The average molecular weight is 308 g/mol. The molecule has 2 saturated carbocycles. The Labute approximate surface area is 133 Å². The fourth-order valence-corrected chi connectivity index (χ4v) is 4.71. The summed E-state index contributed by atoms with van der Waals surface area (Å²) in [7, 11) is 0. The van der Waals surface area contributed by atoms with E-state index in [4.69, 9.17) is 4.98 Å². The van der Waals surface area contributed by atoms with Gasteiger partial charge >= 0.3 is 0 Å². The Morgan fingerprint density at radius 3 is 2.52 bits per heavy atom. The van der Waals surface area contributed by atoms with Gasteiger partial charge in [-0.3, -0.25) is 0 Å². The zero-order valence-electron chi connectivity index (χ0n) is 13.5. The van der Waals surface area contributed by atoms with E-state index >= 15 is 0 Å². The molecule has 0 unspecified atom stereocenters. The molecule has 118 valence electrons. The summed E-state index contributed by atoms with van der Waals surface area (Å²) in [6.07, 6.45) is 9.61. The summed E-state index contributed by atoms with van der Waals surface area (Å²) in [5.74, 6) is 0.758. The van der Waals surface area contributed by atoms with E-state index in [-0.39, 0.29) is 0 Å². The van der Waals surface area contributed by atoms with E-state index in [9.17, 15) is 0 Å². The van der Waals surface area contributed by atoms with Crippen molar-refractivity contribution in [1.82, 2.24) is 10.3 Å². The number of thiazole rings is 1. The van der Waals surface area contributed by atoms with Crippen LogP contribution < -0.4 is 10.2 Å². The van der Waals surface area contributed by atoms with E-state index < -0.39 is 0 Å². The van der Waals surface area contributed by atoms with E-state index in [0.29, 0.717) is 0 Å². The van der Waals surface area contributed by atoms with Gasteiger partial charge in [-0.25, -0.2) is 4.98 Å². The zero-order chi connectivity index (χ0) is 14.7. The van der Waals surface area contributed by atoms with Crippen molar-refractivity contribution in [3.8, 4) is 0 Å². The molecule has 2 aliphatic rings. The number of aromatic nitrogens is 1. The van der Waals surface area contributed by atoms with Crippen LogP contribution in [0.5, 0.6) is 0 Å². The normalized spacial score (nSPS) is 19.9. The van der Waals surface area contributed by atoms with Gasteiger partial charge in [0.15, 0.2) is 5.13 Å². The summed E-state index contributed by atoms with van der Waals surface area (Å²) in [4.78, 5) is 9.15. The maximum atomic E-state index is 5.08. The summed E-state index contributed by atoms with van der Waals surface area (Å²) >= 11 is 1.95. The van der Waals surface area contributed by atoms with Crippen molar-refractivity contribution in [3.63, 3.8) is 0 Å². The van der Waals surface area contributed by atoms with E-state index in [1.165, 1.54) is 60.6 Å². The Bertz CT molecular complexity index is 447. The van der Waals surface area contributed by atoms with Gasteiger partial charge in [-0.05, 0) is 39.2 Å². The molecule has 4 heteroatoms. The lowest BCUT2D eigenvalue weighted by Gasteiger charge is -2.33. The number of rotatable bonds is 7. The van der Waals surface area contributed by atoms with Gasteiger partial charge < -0.3 is 10.2 Å². The van der Waals surface area contributed by atoms with Gasteiger partial charge in [-0.2, -0.15) is 0 Å². The first-order chi connectivity index (χ1) is 10.3. The van der Waals surface area contributed by atoms with Gasteiger partial charge in [-0.15, -0.1) is 11.3 Å². The molecule has 0 saturated heterocycles. The summed E-state index contributed by atoms with van der Waals surface area (Å²) in [6.45, 7) is 7.61. The maximum Gasteiger partial charge on any atom is 0.186 e. The second kappa shape index (κ2) is 7.10. The SMILES string of the molecule is CCNCc1sc(N(CC)C2CCCCC2)nc1C1CC1. The number of nitrogens with zero attached hydrogens (tertiary/aromatic N) is 2. The molecule has 2 fully saturated rings. The monoisotopic (exact) mass is 307 g/mol. The highest BCUT2D eigenvalue weighted by molar-refractivity contribution is 7.15. The Balaban J connectivity index is 1.78. The fourth-order valence-electron chi connectivity index (χ4n) is 3.46. The highest BCUT2D eigenvalue weighted by Crippen LogP contribution is 2.44. The molecule has 1 N–H and O–H groups in total. The van der Waals surface area contributed by atoms with Crippen LogP contribution in [0.2, 0.25) is 0 Å². The second-order valence-corrected chi connectivity index (χ2v) is 7.50. The third kappa shape index (κ3) is 3.59. The lowest BCUT2D eigenvalue weighted by Crippen LogP contribution is -2.36. The minimum absolute atomic E-state index is 0.730. The van der Waals surface area contributed by atoms with Gasteiger partial charge in [0, 0.05) is 29.9 Å². The standard InChI is InChI=1S/C17H29N3S/c1-3-18-12-15-16(13-10-11-13)19-17(21-15)20(4-2)14-8-6-5-7-9-14/h13-14,18H,3-12H2,1-2H3. The molecule has 1 aromatic rings. The molecule has 0 atom stereocenters. The number of hydrogen-bond acceptors (Lipinski definition) is 4. The van der Waals surface area contributed by atoms with Gasteiger partial charge in [0.2, 0.25) is 0 Å². The molecule has 0 aromatic carbocycles. The molecule has 3 nitrogen and oxygen atoms in total. The maximum absolute atomic E-state index is 5.08. The zero-order valence-corrected chi connectivity index (χ0v) is 14.3. The molecule has 0 spiro atoms. The van der Waals surface area contributed by atoms with Crippen LogP contribution >= 0.6 is 11.3 Å². The molecule has 0 bridgehead atoms. The quantitative estimate of drug-likeness (QED) is 0.814. The molecule has 0 aliphatic heterocycles. The van der Waals surface area contributed by atoms with E-state index in [1.54, 1.807) is 0 Å². The van der Waals surface area contributed by atoms with Crippen molar-refractivity contribution >= 4 is 16.5 Å². The Morgan fingerprint density at radius 1 is 1.14 bits per heavy atom. The molecule has 21 heavy (non-hydrogen) atoms. The molecule has 3 rings (SSSR count). The van der Waals surface area contributed by atoms with Crippen LogP contribution in [0.15, 0.2) is 0 Å². The van der Waals surface area contributed by atoms with Crippen molar-refractivity contribution < 1.29 is 0 Å². The number of anilines is 1. The van der Waals surface area contributed by atoms with Crippen LogP contribution in [0.3, 0.4) is 0 Å². The minimum atomic E-state index is 0.730. The molecule has 0 amide bonds. The van der Waals surface area contributed by atoms with Crippen molar-refractivity contribution in [2.45, 2.75) is 77.3 Å². The number of nitrogens with one attached hydrogen (secondary N) is 1. The highest BCUT2D eigenvalue weighted by Gasteiger charge is 2.31. The fraction of sp³-hybridized carbons (Fsp3) is 0.824. The van der Waals surface area contributed by atoms with Gasteiger partial charge in [0.05, 0.1) is 5.69 Å². The van der Waals surface area contributed by atoms with Crippen molar-refractivity contribution in [2.75, 3.05) is 18.0 Å². The van der Waals surface area contributed by atoms with Gasteiger partial charge in [-0.1, -0.05) is 26.2 Å². The first-order valence-electron chi connectivity index (χ1n) is 8.80. The molecule has 1 heterocycles. The first-order valence-corrected chi connectivity index (χ1v) is 9.62. The van der Waals surface area contributed by atoms with Crippen LogP contribution in [-0.4, -0.2) is 24.1 Å². The van der Waals surface area contributed by atoms with Crippen LogP contribution in [0.1, 0.15) is 75.3 Å². The molecule has 1 aromatic heterocycles. The Kier molecular flexibility index (Phi) is 5.17. The van der Waals surface area contributed by atoms with E-state index in [1.807, 2.05) is 11.3 Å². The summed E-state index contributed by atoms with van der Waals surface area (Å²) in [5.41, 5.74) is 1.41. The average Bonchev–Trinajstić information content (AvgIpc) is 3.28. The van der Waals surface area contributed by atoms with Gasteiger partial charge in [0.25, 0.3) is 0 Å². The van der Waals surface area contributed by atoms with Crippen LogP contribution in [-0.2, 0) is 6.54 Å². The Morgan fingerprint density at radius 2 is 1.90 bits per heavy atom. The van der Waals surface area contributed by atoms with Crippen LogP contribution in [0.25, 0.3) is 0 Å². The third-order valence-corrected chi connectivity index (χ3v) is 5.93. The predicted octanol–water partition coefficient (Wildman–Crippen LogP) is 4.29. The largest absolute Gasteiger partial charge is 0.345 e. The number of hydrogen-bond donors (Lipinski definition) is 1. The van der Waals surface area contributed by atoms with E-state index in [2.05, 4.69) is 24.1 Å². The molecular weight excluding hydrogens is 278 g/mol. The lowest BCUT2D eigenvalue weighted by atomic mass is 9.94. The lowest BCUT2D eigenvalue weighted by molar-refractivity contribution is 0.418. The smallest absolute Gasteiger partial charge is 0.186 e. The summed E-state index contributed by atoms with van der Waals surface area (Å²) < 4.78 is 0. The van der Waals surface area contributed by atoms with Crippen LogP contribution in [0.4, 0.5) is 5.13 Å². The summed E-state index contributed by atoms with van der Waals surface area (Å²) in [6, 6.07) is 0.730. The van der Waals surface area contributed by atoms with E-state index in [0.717, 1.165) is 31.6 Å². The minimum Gasteiger partial charge on any atom is -0.345 e. The third-order valence-electron chi connectivity index (χ3n) is 4.82. The highest BCUT2D eigenvalue weighted by atomic mass is 32.1. The topological polar surface area (TPSA) is 28.2 Å². The first kappa shape index (κ1) is 15.3. The Hall–Kier alpha value is -0.610. The molecular formula is C17H29N3S.